The van der Waals surface area contributed by atoms with Crippen molar-refractivity contribution in [2.45, 2.75) is 43.9 Å². The van der Waals surface area contributed by atoms with Crippen LogP contribution < -0.4 is 16.8 Å². The molecule has 6 nitrogen and oxygen atoms in total. The molecule has 0 radical (unpaired) electrons. The van der Waals surface area contributed by atoms with Crippen LogP contribution in [0.2, 0.25) is 0 Å². The van der Waals surface area contributed by atoms with Gasteiger partial charge in [0.2, 0.25) is 5.89 Å². The molecule has 0 saturated heterocycles. The van der Waals surface area contributed by atoms with Crippen molar-refractivity contribution in [2.75, 3.05) is 5.32 Å². The number of alkyl halides is 3. The van der Waals surface area contributed by atoms with Crippen LogP contribution in [0.5, 0.6) is 0 Å². The average Bonchev–Trinajstić information content (AvgIpc) is 2.88. The van der Waals surface area contributed by atoms with Crippen molar-refractivity contribution < 1.29 is 17.6 Å². The Kier molecular flexibility index (Phi) is 3.16. The highest BCUT2D eigenvalue weighted by Gasteiger charge is 2.67. The first-order valence-electron chi connectivity index (χ1n) is 7.93. The van der Waals surface area contributed by atoms with Crippen molar-refractivity contribution >= 4 is 5.69 Å². The molecule has 134 valence electrons. The molecule has 5 rings (SSSR count). The third kappa shape index (κ3) is 2.53. The summed E-state index contributed by atoms with van der Waals surface area (Å²) in [6.45, 7) is 1.88. The van der Waals surface area contributed by atoms with Gasteiger partial charge in [0.25, 0.3) is 0 Å². The zero-order chi connectivity index (χ0) is 18.0. The summed E-state index contributed by atoms with van der Waals surface area (Å²) >= 11 is 0. The molecule has 0 spiro atoms. The lowest BCUT2D eigenvalue weighted by Crippen LogP contribution is -2.76. The fourth-order valence-electron chi connectivity index (χ4n) is 4.19. The minimum atomic E-state index is -4.50. The zero-order valence-corrected chi connectivity index (χ0v) is 13.4. The first kappa shape index (κ1) is 16.2. The van der Waals surface area contributed by atoms with Crippen molar-refractivity contribution in [3.8, 4) is 11.5 Å². The molecule has 0 amide bonds. The molecule has 3 aliphatic rings. The fourth-order valence-corrected chi connectivity index (χ4v) is 4.19. The lowest BCUT2D eigenvalue weighted by Gasteiger charge is -2.71. The van der Waals surface area contributed by atoms with Gasteiger partial charge in [-0.2, -0.15) is 13.2 Å². The van der Waals surface area contributed by atoms with Gasteiger partial charge in [0.1, 0.15) is 0 Å². The van der Waals surface area contributed by atoms with Crippen LogP contribution in [0.15, 0.2) is 27.4 Å². The van der Waals surface area contributed by atoms with E-state index in [-0.39, 0.29) is 34.1 Å². The third-order valence-electron chi connectivity index (χ3n) is 5.41. The molecule has 1 heterocycles. The van der Waals surface area contributed by atoms with Crippen molar-refractivity contribution in [3.63, 3.8) is 0 Å². The predicted molar refractivity (Wildman–Crippen MR) is 83.8 cm³/mol. The van der Waals surface area contributed by atoms with Crippen LogP contribution in [0.1, 0.15) is 31.7 Å². The monoisotopic (exact) mass is 354 g/mol. The Balaban J connectivity index is 1.67. The van der Waals surface area contributed by atoms with Gasteiger partial charge in [-0.05, 0) is 49.8 Å². The number of aromatic amines is 1. The van der Waals surface area contributed by atoms with E-state index in [1.54, 1.807) is 0 Å². The maximum atomic E-state index is 13.3. The number of benzene rings is 1. The van der Waals surface area contributed by atoms with Gasteiger partial charge in [0.05, 0.1) is 5.56 Å². The van der Waals surface area contributed by atoms with Gasteiger partial charge < -0.3 is 15.5 Å². The molecule has 0 aliphatic heterocycles. The number of anilines is 1. The van der Waals surface area contributed by atoms with E-state index in [4.69, 9.17) is 10.2 Å². The van der Waals surface area contributed by atoms with Gasteiger partial charge in [-0.3, -0.25) is 0 Å². The molecule has 3 aliphatic carbocycles. The first-order valence-corrected chi connectivity index (χ1v) is 7.93. The largest absolute Gasteiger partial charge is 0.434 e. The van der Waals surface area contributed by atoms with Crippen molar-refractivity contribution in [1.29, 1.82) is 0 Å². The molecule has 3 saturated carbocycles. The standard InChI is InChI=1S/C16H17F3N4O2/c1-8(14-5-15(20,6-14)7-14)21-11-4-9(12-22-23-13(24)25-12)2-3-10(11)16(17,18)19/h2-4,8,21H,5-7,20H2,1H3,(H,23,24)/t8-,14?,15?/m0/s1. The van der Waals surface area contributed by atoms with Crippen molar-refractivity contribution in [1.82, 2.24) is 10.2 Å². The molecule has 3 fully saturated rings. The Labute approximate surface area is 140 Å². The Morgan fingerprint density at radius 2 is 2.04 bits per heavy atom. The Hall–Kier alpha value is -2.29. The lowest BCUT2D eigenvalue weighted by atomic mass is 9.37. The van der Waals surface area contributed by atoms with E-state index in [0.29, 0.717) is 0 Å². The quantitative estimate of drug-likeness (QED) is 0.784. The Morgan fingerprint density at radius 1 is 1.36 bits per heavy atom. The number of aromatic nitrogens is 2. The van der Waals surface area contributed by atoms with Crippen LogP contribution >= 0.6 is 0 Å². The summed E-state index contributed by atoms with van der Waals surface area (Å²) < 4.78 is 44.9. The average molecular weight is 354 g/mol. The van der Waals surface area contributed by atoms with Crippen molar-refractivity contribution in [3.05, 3.63) is 34.3 Å². The summed E-state index contributed by atoms with van der Waals surface area (Å²) in [7, 11) is 0. The van der Waals surface area contributed by atoms with E-state index < -0.39 is 17.5 Å². The highest BCUT2D eigenvalue weighted by Crippen LogP contribution is 2.67. The zero-order valence-electron chi connectivity index (χ0n) is 13.4. The summed E-state index contributed by atoms with van der Waals surface area (Å²) in [6, 6.07) is 3.35. The molecular weight excluding hydrogens is 337 g/mol. The summed E-state index contributed by atoms with van der Waals surface area (Å²) in [6.07, 6.45) is -2.03. The SMILES string of the molecule is C[C@H](Nc1cc(-c2n[nH]c(=O)o2)ccc1C(F)(F)F)C12CC(N)(C1)C2. The maximum absolute atomic E-state index is 13.3. The molecular formula is C16H17F3N4O2. The molecule has 2 bridgehead atoms. The van der Waals surface area contributed by atoms with Crippen LogP contribution in [-0.4, -0.2) is 21.8 Å². The number of hydrogen-bond donors (Lipinski definition) is 3. The second-order valence-corrected chi connectivity index (χ2v) is 7.30. The van der Waals surface area contributed by atoms with Crippen LogP contribution in [0.4, 0.5) is 18.9 Å². The van der Waals surface area contributed by atoms with Gasteiger partial charge in [0, 0.05) is 22.8 Å². The Bertz CT molecular complexity index is 866. The highest BCUT2D eigenvalue weighted by atomic mass is 19.4. The summed E-state index contributed by atoms with van der Waals surface area (Å²) in [5, 5.41) is 8.76. The molecule has 4 N–H and O–H groups in total. The molecule has 9 heteroatoms. The smallest absolute Gasteiger partial charge is 0.388 e. The number of hydrogen-bond acceptors (Lipinski definition) is 5. The van der Waals surface area contributed by atoms with Gasteiger partial charge in [-0.15, -0.1) is 5.10 Å². The van der Waals surface area contributed by atoms with Gasteiger partial charge in [0.15, 0.2) is 0 Å². The third-order valence-corrected chi connectivity index (χ3v) is 5.41. The number of nitrogens with two attached hydrogens (primary N) is 1. The van der Waals surface area contributed by atoms with Crippen LogP contribution in [0, 0.1) is 5.41 Å². The van der Waals surface area contributed by atoms with E-state index in [0.717, 1.165) is 25.3 Å². The van der Waals surface area contributed by atoms with E-state index >= 15 is 0 Å². The lowest BCUT2D eigenvalue weighted by molar-refractivity contribution is -0.142. The van der Waals surface area contributed by atoms with E-state index in [9.17, 15) is 18.0 Å². The minimum Gasteiger partial charge on any atom is -0.388 e. The van der Waals surface area contributed by atoms with Crippen LogP contribution in [0.3, 0.4) is 0 Å². The van der Waals surface area contributed by atoms with E-state index in [1.165, 1.54) is 12.1 Å². The van der Waals surface area contributed by atoms with Crippen molar-refractivity contribution in [2.24, 2.45) is 11.1 Å². The molecule has 1 aromatic heterocycles. The van der Waals surface area contributed by atoms with Crippen LogP contribution in [0.25, 0.3) is 11.5 Å². The van der Waals surface area contributed by atoms with E-state index in [2.05, 4.69) is 15.5 Å². The fraction of sp³-hybridized carbons (Fsp3) is 0.500. The number of rotatable bonds is 4. The number of nitrogens with zero attached hydrogens (tertiary/aromatic N) is 1. The number of nitrogens with one attached hydrogen (secondary N) is 2. The summed E-state index contributed by atoms with van der Waals surface area (Å²) in [5.74, 6) is -0.819. The van der Waals surface area contributed by atoms with Crippen LogP contribution in [-0.2, 0) is 6.18 Å². The Morgan fingerprint density at radius 3 is 2.56 bits per heavy atom. The summed E-state index contributed by atoms with van der Waals surface area (Å²) in [4.78, 5) is 11.1. The first-order chi connectivity index (χ1) is 11.6. The minimum absolute atomic E-state index is 0.0352. The second kappa shape index (κ2) is 4.87. The van der Waals surface area contributed by atoms with Gasteiger partial charge >= 0.3 is 11.9 Å². The predicted octanol–water partition coefficient (Wildman–Crippen LogP) is 2.73. The topological polar surface area (TPSA) is 96.9 Å². The second-order valence-electron chi connectivity index (χ2n) is 7.30. The van der Waals surface area contributed by atoms with Gasteiger partial charge in [-0.25, -0.2) is 9.89 Å². The molecule has 2 aromatic rings. The molecule has 1 atom stereocenters. The highest BCUT2D eigenvalue weighted by molar-refractivity contribution is 5.65. The molecule has 1 aromatic carbocycles. The summed E-state index contributed by atoms with van der Waals surface area (Å²) in [5.41, 5.74) is 5.35. The maximum Gasteiger partial charge on any atom is 0.434 e. The van der Waals surface area contributed by atoms with E-state index in [1.807, 2.05) is 6.92 Å². The molecule has 0 unspecified atom stereocenters. The van der Waals surface area contributed by atoms with Gasteiger partial charge in [-0.1, -0.05) is 0 Å². The number of H-pyrrole nitrogens is 1. The normalized spacial score (nSPS) is 28.8. The molecule has 25 heavy (non-hydrogen) atoms. The number of halogens is 3.